The van der Waals surface area contributed by atoms with E-state index in [0.717, 1.165) is 14.2 Å². The van der Waals surface area contributed by atoms with Crippen molar-refractivity contribution < 1.29 is 13.9 Å². The number of likely N-dealkylation sites (N-methyl/N-ethyl adjacent to an activating group) is 1. The number of hydrogen-bond acceptors (Lipinski definition) is 4. The predicted molar refractivity (Wildman–Crippen MR) is 85.6 cm³/mol. The molecule has 1 aromatic carbocycles. The molecule has 0 fully saturated rings. The van der Waals surface area contributed by atoms with Crippen LogP contribution in [0.25, 0.3) is 0 Å². The molecule has 21 heavy (non-hydrogen) atoms. The summed E-state index contributed by atoms with van der Waals surface area (Å²) in [5, 5.41) is 0. The summed E-state index contributed by atoms with van der Waals surface area (Å²) in [6.07, 6.45) is 0. The van der Waals surface area contributed by atoms with Crippen LogP contribution in [0.2, 0.25) is 0 Å². The number of carbonyl (C=O) groups is 1. The average Bonchev–Trinajstić information content (AvgIpc) is 2.85. The molecular formula is C15H15BrFNO2S. The second kappa shape index (κ2) is 7.15. The van der Waals surface area contributed by atoms with Crippen LogP contribution in [0.3, 0.4) is 0 Å². The largest absolute Gasteiger partial charge is 0.494 e. The lowest BCUT2D eigenvalue weighted by atomic mass is 10.2. The number of thiophene rings is 1. The maximum absolute atomic E-state index is 13.6. The number of Topliss-reactive ketones (excluding diaryl/α,β-unsaturated/α-hetero) is 1. The van der Waals surface area contributed by atoms with Gasteiger partial charge in [-0.25, -0.2) is 4.39 Å². The van der Waals surface area contributed by atoms with Crippen LogP contribution in [0.15, 0.2) is 34.1 Å². The number of halogens is 2. The van der Waals surface area contributed by atoms with Gasteiger partial charge in [-0.15, -0.1) is 11.3 Å². The fourth-order valence-electron chi connectivity index (χ4n) is 1.96. The van der Waals surface area contributed by atoms with E-state index in [4.69, 9.17) is 4.74 Å². The minimum absolute atomic E-state index is 0.0576. The third kappa shape index (κ3) is 4.36. The molecule has 0 N–H and O–H groups in total. The molecule has 0 aliphatic heterocycles. The van der Waals surface area contributed by atoms with Crippen molar-refractivity contribution in [3.05, 3.63) is 50.4 Å². The molecule has 0 aliphatic carbocycles. The molecule has 0 spiro atoms. The third-order valence-electron chi connectivity index (χ3n) is 2.93. The highest BCUT2D eigenvalue weighted by atomic mass is 79.9. The Morgan fingerprint density at radius 2 is 2.14 bits per heavy atom. The monoisotopic (exact) mass is 371 g/mol. The number of methoxy groups -OCH3 is 1. The van der Waals surface area contributed by atoms with Gasteiger partial charge in [-0.2, -0.15) is 0 Å². The van der Waals surface area contributed by atoms with Gasteiger partial charge in [0.25, 0.3) is 0 Å². The normalized spacial score (nSPS) is 10.9. The van der Waals surface area contributed by atoms with Gasteiger partial charge in [-0.3, -0.25) is 9.69 Å². The average molecular weight is 372 g/mol. The summed E-state index contributed by atoms with van der Waals surface area (Å²) < 4.78 is 19.4. The summed E-state index contributed by atoms with van der Waals surface area (Å²) >= 11 is 4.76. The van der Waals surface area contributed by atoms with E-state index in [1.54, 1.807) is 18.2 Å². The van der Waals surface area contributed by atoms with Crippen molar-refractivity contribution in [3.63, 3.8) is 0 Å². The molecule has 1 aromatic heterocycles. The molecule has 2 rings (SSSR count). The van der Waals surface area contributed by atoms with Gasteiger partial charge in [0.1, 0.15) is 0 Å². The number of nitrogens with zero attached hydrogens (tertiary/aromatic N) is 1. The van der Waals surface area contributed by atoms with E-state index in [-0.39, 0.29) is 11.5 Å². The van der Waals surface area contributed by atoms with E-state index in [1.807, 2.05) is 18.0 Å². The van der Waals surface area contributed by atoms with Crippen LogP contribution in [0.4, 0.5) is 4.39 Å². The summed E-state index contributed by atoms with van der Waals surface area (Å²) in [6, 6.07) is 8.48. The molecule has 0 radical (unpaired) electrons. The summed E-state index contributed by atoms with van der Waals surface area (Å²) in [7, 11) is 3.27. The number of ether oxygens (including phenoxy) is 1. The first kappa shape index (κ1) is 16.1. The molecule has 0 saturated heterocycles. The van der Waals surface area contributed by atoms with Crippen molar-refractivity contribution >= 4 is 33.0 Å². The SMILES string of the molecule is COc1ccc(CN(C)CC(=O)c2ccc(Br)s2)cc1F. The molecule has 0 atom stereocenters. The molecular weight excluding hydrogens is 357 g/mol. The first-order valence-corrected chi connectivity index (χ1v) is 7.90. The van der Waals surface area contributed by atoms with Crippen molar-refractivity contribution in [2.75, 3.05) is 20.7 Å². The Kier molecular flexibility index (Phi) is 5.50. The highest BCUT2D eigenvalue weighted by Crippen LogP contribution is 2.23. The van der Waals surface area contributed by atoms with Crippen LogP contribution in [-0.2, 0) is 6.54 Å². The molecule has 0 amide bonds. The lowest BCUT2D eigenvalue weighted by Gasteiger charge is -2.15. The van der Waals surface area contributed by atoms with Crippen molar-refractivity contribution in [3.8, 4) is 5.75 Å². The Labute approximate surface area is 135 Å². The quantitative estimate of drug-likeness (QED) is 0.719. The number of carbonyl (C=O) groups excluding carboxylic acids is 1. The molecule has 3 nitrogen and oxygen atoms in total. The standard InChI is InChI=1S/C15H15BrFNO2S/c1-18(9-12(19)14-5-6-15(16)21-14)8-10-3-4-13(20-2)11(17)7-10/h3-7H,8-9H2,1-2H3. The zero-order valence-corrected chi connectivity index (χ0v) is 14.1. The van der Waals surface area contributed by atoms with Gasteiger partial charge >= 0.3 is 0 Å². The number of hydrogen-bond donors (Lipinski definition) is 0. The van der Waals surface area contributed by atoms with Crippen LogP contribution >= 0.6 is 27.3 Å². The molecule has 0 unspecified atom stereocenters. The number of rotatable bonds is 6. The minimum atomic E-state index is -0.392. The Bertz CT molecular complexity index is 644. The highest BCUT2D eigenvalue weighted by molar-refractivity contribution is 9.11. The molecule has 0 saturated carbocycles. The lowest BCUT2D eigenvalue weighted by molar-refractivity contribution is 0.0947. The van der Waals surface area contributed by atoms with Crippen molar-refractivity contribution in [2.45, 2.75) is 6.54 Å². The molecule has 0 aliphatic rings. The summed E-state index contributed by atoms with van der Waals surface area (Å²) in [5.74, 6) is -0.111. The van der Waals surface area contributed by atoms with Crippen molar-refractivity contribution in [1.82, 2.24) is 4.90 Å². The van der Waals surface area contributed by atoms with Crippen molar-refractivity contribution in [1.29, 1.82) is 0 Å². The van der Waals surface area contributed by atoms with Gasteiger partial charge in [-0.1, -0.05) is 6.07 Å². The van der Waals surface area contributed by atoms with E-state index in [9.17, 15) is 9.18 Å². The van der Waals surface area contributed by atoms with Gasteiger partial charge in [0, 0.05) is 6.54 Å². The molecule has 0 bridgehead atoms. The topological polar surface area (TPSA) is 29.5 Å². The zero-order valence-electron chi connectivity index (χ0n) is 11.7. The minimum Gasteiger partial charge on any atom is -0.494 e. The lowest BCUT2D eigenvalue weighted by Crippen LogP contribution is -2.25. The zero-order chi connectivity index (χ0) is 15.4. The first-order valence-electron chi connectivity index (χ1n) is 6.29. The molecule has 6 heteroatoms. The third-order valence-corrected chi connectivity index (χ3v) is 4.59. The fourth-order valence-corrected chi connectivity index (χ4v) is 3.28. The van der Waals surface area contributed by atoms with Gasteiger partial charge in [0.2, 0.25) is 0 Å². The molecule has 2 aromatic rings. The second-order valence-electron chi connectivity index (χ2n) is 4.67. The van der Waals surface area contributed by atoms with E-state index in [2.05, 4.69) is 15.9 Å². The summed E-state index contributed by atoms with van der Waals surface area (Å²) in [5.41, 5.74) is 0.802. The van der Waals surface area contributed by atoms with Gasteiger partial charge in [0.15, 0.2) is 17.3 Å². The highest BCUT2D eigenvalue weighted by Gasteiger charge is 2.12. The van der Waals surface area contributed by atoms with Crippen LogP contribution in [0.5, 0.6) is 5.75 Å². The summed E-state index contributed by atoms with van der Waals surface area (Å²) in [6.45, 7) is 0.791. The fraction of sp³-hybridized carbons (Fsp3) is 0.267. The van der Waals surface area contributed by atoms with Crippen LogP contribution < -0.4 is 4.74 Å². The predicted octanol–water partition coefficient (Wildman–Crippen LogP) is 3.97. The second-order valence-corrected chi connectivity index (χ2v) is 7.13. The van der Waals surface area contributed by atoms with E-state index >= 15 is 0 Å². The Balaban J connectivity index is 1.96. The van der Waals surface area contributed by atoms with Crippen molar-refractivity contribution in [2.24, 2.45) is 0 Å². The Morgan fingerprint density at radius 3 is 2.71 bits per heavy atom. The van der Waals surface area contributed by atoms with E-state index in [1.165, 1.54) is 24.5 Å². The van der Waals surface area contributed by atoms with Gasteiger partial charge < -0.3 is 4.74 Å². The van der Waals surface area contributed by atoms with Gasteiger partial charge in [0.05, 0.1) is 22.3 Å². The van der Waals surface area contributed by atoms with Gasteiger partial charge in [-0.05, 0) is 52.8 Å². The number of benzene rings is 1. The Morgan fingerprint density at radius 1 is 1.38 bits per heavy atom. The molecule has 112 valence electrons. The smallest absolute Gasteiger partial charge is 0.186 e. The van der Waals surface area contributed by atoms with Crippen LogP contribution in [0.1, 0.15) is 15.2 Å². The van der Waals surface area contributed by atoms with Crippen LogP contribution in [-0.4, -0.2) is 31.4 Å². The summed E-state index contributed by atoms with van der Waals surface area (Å²) in [4.78, 5) is 14.7. The molecule has 1 heterocycles. The number of ketones is 1. The van der Waals surface area contributed by atoms with Crippen LogP contribution in [0, 0.1) is 5.82 Å². The first-order chi connectivity index (χ1) is 9.99. The van der Waals surface area contributed by atoms with E-state index < -0.39 is 5.82 Å². The maximum Gasteiger partial charge on any atom is 0.186 e. The Hall–Kier alpha value is -1.24. The maximum atomic E-state index is 13.6. The van der Waals surface area contributed by atoms with E-state index in [0.29, 0.717) is 13.1 Å².